The number of aromatic nitrogens is 2. The number of aryl methyl sites for hydroxylation is 3. The van der Waals surface area contributed by atoms with Crippen molar-refractivity contribution in [1.29, 1.82) is 10.5 Å². The monoisotopic (exact) mass is 725 g/mol. The Kier molecular flexibility index (Phi) is 10.1. The third-order valence-corrected chi connectivity index (χ3v) is 10.8. The van der Waals surface area contributed by atoms with Crippen molar-refractivity contribution >= 4 is 51.3 Å². The smallest absolute Gasteiger partial charge is 0.492 e. The standard InChI is InChI=1S/C37H38BF2N7O4S/c1-24-8-13-32(37-36(24)28(22-42)23-44-37)45-52(49,50)31-12-14-34(27(19-31)21-41)51-17-7-5-4-6-16-43-35(48)15-11-29-9-10-30-20-33-25(2)18-26(3)46(33)38(39,40)47(29)30/h8-10,12-14,18-20,23,44-45H,4-7,11,15-17H2,1-3H3,(H,43,48). The number of carbonyl (C=O) groups excluding carboxylic acids is 1. The number of H-pyrrole nitrogens is 1. The van der Waals surface area contributed by atoms with Crippen LogP contribution in [0.3, 0.4) is 0 Å². The van der Waals surface area contributed by atoms with Crippen LogP contribution in [0.5, 0.6) is 5.75 Å². The summed E-state index contributed by atoms with van der Waals surface area (Å²) in [5.41, 5.74) is 4.77. The van der Waals surface area contributed by atoms with Crippen LogP contribution in [0.4, 0.5) is 14.3 Å². The van der Waals surface area contributed by atoms with Gasteiger partial charge in [-0.2, -0.15) is 10.5 Å². The van der Waals surface area contributed by atoms with Crippen molar-refractivity contribution in [1.82, 2.24) is 14.8 Å². The van der Waals surface area contributed by atoms with Crippen molar-refractivity contribution in [3.8, 4) is 17.9 Å². The number of sulfonamides is 1. The molecule has 0 spiro atoms. The number of fused-ring (bicyclic) bond motifs is 3. The summed E-state index contributed by atoms with van der Waals surface area (Å²) in [5, 5.41) is 22.6. The Hall–Kier alpha value is -5.67. The molecule has 2 aliphatic heterocycles. The van der Waals surface area contributed by atoms with E-state index in [0.29, 0.717) is 58.8 Å². The van der Waals surface area contributed by atoms with Crippen molar-refractivity contribution in [3.05, 3.63) is 94.1 Å². The highest BCUT2D eigenvalue weighted by Gasteiger charge is 2.52. The molecular formula is C37H38BF2N7O4S. The van der Waals surface area contributed by atoms with E-state index in [2.05, 4.69) is 21.1 Å². The van der Waals surface area contributed by atoms with Crippen molar-refractivity contribution in [2.45, 2.75) is 64.2 Å². The summed E-state index contributed by atoms with van der Waals surface area (Å²) in [6.07, 6.45) is 9.97. The van der Waals surface area contributed by atoms with E-state index < -0.39 is 17.0 Å². The molecule has 11 nitrogen and oxygen atoms in total. The summed E-state index contributed by atoms with van der Waals surface area (Å²) in [6.45, 7) is 2.06. The molecule has 0 fully saturated rings. The minimum absolute atomic E-state index is 0.0783. The van der Waals surface area contributed by atoms with Crippen molar-refractivity contribution < 1.29 is 31.1 Å². The summed E-state index contributed by atoms with van der Waals surface area (Å²) in [6, 6.07) is 13.3. The van der Waals surface area contributed by atoms with Gasteiger partial charge in [0.05, 0.1) is 33.8 Å². The molecule has 1 amide bonds. The van der Waals surface area contributed by atoms with Crippen LogP contribution in [0.2, 0.25) is 0 Å². The third-order valence-electron chi connectivity index (χ3n) is 9.46. The number of nitriles is 2. The van der Waals surface area contributed by atoms with Crippen LogP contribution in [0, 0.1) is 43.4 Å². The number of allylic oxidation sites excluding steroid dienone is 2. The van der Waals surface area contributed by atoms with Gasteiger partial charge < -0.3 is 32.6 Å². The summed E-state index contributed by atoms with van der Waals surface area (Å²) in [5.74, 6) is 0.0760. The van der Waals surface area contributed by atoms with E-state index in [1.165, 1.54) is 24.4 Å². The van der Waals surface area contributed by atoms with E-state index in [1.54, 1.807) is 43.4 Å². The van der Waals surface area contributed by atoms with E-state index in [0.717, 1.165) is 39.4 Å². The number of hydrogen-bond donors (Lipinski definition) is 3. The first kappa shape index (κ1) is 36.1. The second-order valence-corrected chi connectivity index (χ2v) is 14.7. The number of anilines is 1. The Morgan fingerprint density at radius 3 is 2.54 bits per heavy atom. The number of benzene rings is 2. The molecule has 4 aromatic rings. The maximum absolute atomic E-state index is 15.6. The molecule has 0 unspecified atom stereocenters. The Bertz CT molecular complexity index is 2380. The Balaban J connectivity index is 0.927. The number of rotatable bonds is 14. The molecule has 4 heterocycles. The summed E-state index contributed by atoms with van der Waals surface area (Å²) >= 11 is 0. The average Bonchev–Trinajstić information content (AvgIpc) is 3.82. The van der Waals surface area contributed by atoms with Crippen LogP contribution in [0.15, 0.2) is 65.3 Å². The highest BCUT2D eigenvalue weighted by molar-refractivity contribution is 7.92. The highest BCUT2D eigenvalue weighted by atomic mass is 32.2. The zero-order valence-electron chi connectivity index (χ0n) is 29.1. The zero-order valence-corrected chi connectivity index (χ0v) is 29.9. The van der Waals surface area contributed by atoms with Gasteiger partial charge >= 0.3 is 6.97 Å². The number of nitrogens with one attached hydrogen (secondary N) is 3. The van der Waals surface area contributed by atoms with Crippen molar-refractivity contribution in [2.75, 3.05) is 17.9 Å². The molecule has 0 saturated carbocycles. The van der Waals surface area contributed by atoms with E-state index in [4.69, 9.17) is 4.74 Å². The second-order valence-electron chi connectivity index (χ2n) is 13.1. The molecule has 268 valence electrons. The Morgan fingerprint density at radius 1 is 1.00 bits per heavy atom. The van der Waals surface area contributed by atoms with E-state index in [9.17, 15) is 23.7 Å². The molecule has 0 aliphatic carbocycles. The van der Waals surface area contributed by atoms with E-state index >= 15 is 8.63 Å². The fourth-order valence-corrected chi connectivity index (χ4v) is 8.00. The molecular weight excluding hydrogens is 687 g/mol. The predicted octanol–water partition coefficient (Wildman–Crippen LogP) is 6.58. The molecule has 2 aromatic heterocycles. The molecule has 0 radical (unpaired) electrons. The topological polar surface area (TPSA) is 156 Å². The molecule has 0 saturated heterocycles. The number of hydrogen-bond acceptors (Lipinski definition) is 6. The predicted molar refractivity (Wildman–Crippen MR) is 196 cm³/mol. The number of carbonyl (C=O) groups is 1. The number of nitrogens with zero attached hydrogens (tertiary/aromatic N) is 4. The van der Waals surface area contributed by atoms with E-state index in [-0.39, 0.29) is 40.6 Å². The lowest BCUT2D eigenvalue weighted by Crippen LogP contribution is -2.50. The maximum atomic E-state index is 15.6. The quantitative estimate of drug-likeness (QED) is 0.0986. The van der Waals surface area contributed by atoms with Gasteiger partial charge in [-0.1, -0.05) is 18.9 Å². The zero-order chi connectivity index (χ0) is 37.2. The summed E-state index contributed by atoms with van der Waals surface area (Å²) in [4.78, 5) is 15.4. The van der Waals surface area contributed by atoms with Gasteiger partial charge in [0, 0.05) is 54.9 Å². The number of ether oxygens (including phenoxy) is 1. The first-order valence-corrected chi connectivity index (χ1v) is 18.6. The van der Waals surface area contributed by atoms with Crippen LogP contribution in [0.1, 0.15) is 72.2 Å². The lowest BCUT2D eigenvalue weighted by Gasteiger charge is -2.30. The fourth-order valence-electron chi connectivity index (χ4n) is 6.90. The van der Waals surface area contributed by atoms with Gasteiger partial charge in [-0.25, -0.2) is 8.42 Å². The summed E-state index contributed by atoms with van der Waals surface area (Å²) in [7, 11) is -4.07. The van der Waals surface area contributed by atoms with Crippen LogP contribution >= 0.6 is 0 Å². The highest BCUT2D eigenvalue weighted by Crippen LogP contribution is 2.35. The van der Waals surface area contributed by atoms with Gasteiger partial charge in [0.2, 0.25) is 5.91 Å². The lowest BCUT2D eigenvalue weighted by atomic mass is 9.90. The van der Waals surface area contributed by atoms with Crippen LogP contribution in [-0.2, 0) is 14.8 Å². The Labute approximate surface area is 301 Å². The molecule has 52 heavy (non-hydrogen) atoms. The minimum Gasteiger partial charge on any atom is -0.492 e. The van der Waals surface area contributed by atoms with Gasteiger partial charge in [-0.15, -0.1) is 0 Å². The van der Waals surface area contributed by atoms with Gasteiger partial charge in [0.25, 0.3) is 10.0 Å². The number of amides is 1. The third kappa shape index (κ3) is 6.96. The normalized spacial score (nSPS) is 14.4. The molecule has 2 aromatic carbocycles. The van der Waals surface area contributed by atoms with Gasteiger partial charge in [-0.05, 0) is 80.8 Å². The van der Waals surface area contributed by atoms with Crippen LogP contribution in [0.25, 0.3) is 17.0 Å². The number of unbranched alkanes of at least 4 members (excludes halogenated alkanes) is 3. The van der Waals surface area contributed by atoms with Crippen LogP contribution in [-0.4, -0.2) is 54.1 Å². The molecule has 6 rings (SSSR count). The van der Waals surface area contributed by atoms with Gasteiger partial charge in [0.1, 0.15) is 23.6 Å². The average molecular weight is 726 g/mol. The van der Waals surface area contributed by atoms with Crippen molar-refractivity contribution in [3.63, 3.8) is 0 Å². The molecule has 3 N–H and O–H groups in total. The molecule has 2 aliphatic rings. The SMILES string of the molecule is Cc1cc(C)n2c1C=C1C=CC(CCC(=O)NCCCCCCOc3ccc(S(=O)(=O)Nc4ccc(C)c5c(C#N)c[nH]c45)cc3C#N)=[N+]1[B-]2(F)F. The minimum atomic E-state index is -4.07. The van der Waals surface area contributed by atoms with Crippen LogP contribution < -0.4 is 14.8 Å². The van der Waals surface area contributed by atoms with Gasteiger partial charge in [0.15, 0.2) is 5.70 Å². The number of aromatic amines is 1. The molecule has 15 heteroatoms. The molecule has 0 atom stereocenters. The van der Waals surface area contributed by atoms with E-state index in [1.807, 2.05) is 19.9 Å². The summed E-state index contributed by atoms with van der Waals surface area (Å²) < 4.78 is 68.2. The Morgan fingerprint density at radius 2 is 1.77 bits per heavy atom. The number of halogens is 2. The molecule has 0 bridgehead atoms. The first-order valence-electron chi connectivity index (χ1n) is 17.1. The first-order chi connectivity index (χ1) is 24.8. The lowest BCUT2D eigenvalue weighted by molar-refractivity contribution is -0.362. The maximum Gasteiger partial charge on any atom is 0.737 e. The van der Waals surface area contributed by atoms with Gasteiger partial charge in [-0.3, -0.25) is 9.52 Å². The second kappa shape index (κ2) is 14.5. The largest absolute Gasteiger partial charge is 0.737 e. The fraction of sp³-hybridized carbons (Fsp3) is 0.297. The van der Waals surface area contributed by atoms with Crippen molar-refractivity contribution in [2.24, 2.45) is 0 Å².